The van der Waals surface area contributed by atoms with Gasteiger partial charge in [-0.05, 0) is 36.8 Å². The fourth-order valence-corrected chi connectivity index (χ4v) is 3.42. The Labute approximate surface area is 175 Å². The number of rotatable bonds is 4. The van der Waals surface area contributed by atoms with Gasteiger partial charge in [-0.15, -0.1) is 0 Å². The number of aryl methyl sites for hydroxylation is 1. The molecule has 2 aromatic carbocycles. The zero-order chi connectivity index (χ0) is 21.3. The number of aromatic nitrogens is 3. The van der Waals surface area contributed by atoms with Crippen molar-refractivity contribution in [2.75, 3.05) is 16.4 Å². The van der Waals surface area contributed by atoms with Crippen molar-refractivity contribution >= 4 is 28.7 Å². The largest absolute Gasteiger partial charge is 0.382 e. The lowest BCUT2D eigenvalue weighted by Gasteiger charge is -2.09. The number of imidazole rings is 1. The van der Waals surface area contributed by atoms with E-state index in [1.165, 1.54) is 0 Å². The highest BCUT2D eigenvalue weighted by Crippen LogP contribution is 2.31. The first-order chi connectivity index (χ1) is 14.4. The van der Waals surface area contributed by atoms with Crippen molar-refractivity contribution in [2.45, 2.75) is 26.7 Å². The van der Waals surface area contributed by atoms with Gasteiger partial charge in [0.15, 0.2) is 0 Å². The molecule has 2 aromatic heterocycles. The molecule has 2 amide bonds. The smallest absolute Gasteiger partial charge is 0.323 e. The Bertz CT molecular complexity index is 1210. The lowest BCUT2D eigenvalue weighted by molar-refractivity contribution is 0.262. The van der Waals surface area contributed by atoms with E-state index in [0.717, 1.165) is 33.8 Å². The lowest BCUT2D eigenvalue weighted by atomic mass is 10.1. The molecule has 0 fully saturated rings. The molecule has 0 aliphatic carbocycles. The molecule has 0 aliphatic rings. The van der Waals surface area contributed by atoms with Crippen molar-refractivity contribution in [3.8, 4) is 11.3 Å². The number of nitrogens with one attached hydrogen (secondary N) is 2. The topological polar surface area (TPSA) is 97.3 Å². The predicted octanol–water partition coefficient (Wildman–Crippen LogP) is 5.05. The summed E-state index contributed by atoms with van der Waals surface area (Å²) in [6.07, 6.45) is 3.56. The molecule has 7 nitrogen and oxygen atoms in total. The highest BCUT2D eigenvalue weighted by Gasteiger charge is 2.17. The highest BCUT2D eigenvalue weighted by molar-refractivity contribution is 6.00. The molecule has 0 unspecified atom stereocenters. The summed E-state index contributed by atoms with van der Waals surface area (Å²) in [7, 11) is 0. The molecular weight excluding hydrogens is 376 g/mol. The molecule has 4 N–H and O–H groups in total. The van der Waals surface area contributed by atoms with E-state index in [0.29, 0.717) is 11.5 Å². The number of nitrogen functional groups attached to an aromatic ring is 1. The van der Waals surface area contributed by atoms with E-state index < -0.39 is 0 Å². The molecule has 0 saturated carbocycles. The van der Waals surface area contributed by atoms with Gasteiger partial charge in [0.2, 0.25) is 0 Å². The van der Waals surface area contributed by atoms with Crippen LogP contribution in [-0.2, 0) is 0 Å². The molecule has 152 valence electrons. The average Bonchev–Trinajstić information content (AvgIpc) is 3.10. The van der Waals surface area contributed by atoms with Crippen molar-refractivity contribution in [1.29, 1.82) is 0 Å². The van der Waals surface area contributed by atoms with Crippen molar-refractivity contribution in [3.05, 3.63) is 72.3 Å². The summed E-state index contributed by atoms with van der Waals surface area (Å²) in [5.74, 6) is 1.60. The first kappa shape index (κ1) is 19.4. The van der Waals surface area contributed by atoms with Crippen LogP contribution < -0.4 is 16.4 Å². The molecular formula is C23H24N6O. The first-order valence-corrected chi connectivity index (χ1v) is 9.80. The fraction of sp³-hybridized carbons (Fsp3) is 0.174. The molecule has 0 aliphatic heterocycles. The van der Waals surface area contributed by atoms with E-state index in [9.17, 15) is 4.79 Å². The standard InChI is InChI=1S/C23H24N6O/c1-14(2)22-28-19(20-21(24)25-11-12-29(20)22)16-7-9-17(10-8-16)26-23(30)27-18-6-4-5-15(3)13-18/h4-14H,1-3H3,(H2,24,25)(H2,26,27,30). The maximum atomic E-state index is 12.3. The molecule has 4 rings (SSSR count). The van der Waals surface area contributed by atoms with Crippen LogP contribution in [0.15, 0.2) is 60.9 Å². The van der Waals surface area contributed by atoms with Crippen molar-refractivity contribution in [3.63, 3.8) is 0 Å². The minimum absolute atomic E-state index is 0.235. The summed E-state index contributed by atoms with van der Waals surface area (Å²) in [6.45, 7) is 6.17. The Hall–Kier alpha value is -3.87. The minimum atomic E-state index is -0.295. The van der Waals surface area contributed by atoms with Crippen LogP contribution in [0.1, 0.15) is 31.2 Å². The number of benzene rings is 2. The van der Waals surface area contributed by atoms with Crippen LogP contribution in [0.4, 0.5) is 22.0 Å². The van der Waals surface area contributed by atoms with E-state index in [4.69, 9.17) is 10.7 Å². The predicted molar refractivity (Wildman–Crippen MR) is 121 cm³/mol. The number of urea groups is 1. The summed E-state index contributed by atoms with van der Waals surface area (Å²) in [5.41, 5.74) is 11.1. The maximum absolute atomic E-state index is 12.3. The fourth-order valence-electron chi connectivity index (χ4n) is 3.42. The van der Waals surface area contributed by atoms with Crippen LogP contribution >= 0.6 is 0 Å². The summed E-state index contributed by atoms with van der Waals surface area (Å²) in [4.78, 5) is 21.3. The van der Waals surface area contributed by atoms with Gasteiger partial charge in [0.1, 0.15) is 22.9 Å². The Morgan fingerprint density at radius 1 is 1.07 bits per heavy atom. The summed E-state index contributed by atoms with van der Waals surface area (Å²) in [6, 6.07) is 14.9. The number of anilines is 3. The lowest BCUT2D eigenvalue weighted by Crippen LogP contribution is -2.19. The number of hydrogen-bond acceptors (Lipinski definition) is 4. The summed E-state index contributed by atoms with van der Waals surface area (Å²) < 4.78 is 1.99. The molecule has 7 heteroatoms. The van der Waals surface area contributed by atoms with Gasteiger partial charge in [-0.2, -0.15) is 0 Å². The number of hydrogen-bond donors (Lipinski definition) is 3. The van der Waals surface area contributed by atoms with Gasteiger partial charge in [-0.1, -0.05) is 38.1 Å². The number of amides is 2. The summed E-state index contributed by atoms with van der Waals surface area (Å²) >= 11 is 0. The van der Waals surface area contributed by atoms with Crippen LogP contribution in [-0.4, -0.2) is 20.4 Å². The monoisotopic (exact) mass is 400 g/mol. The molecule has 2 heterocycles. The number of carbonyl (C=O) groups excluding carboxylic acids is 1. The van der Waals surface area contributed by atoms with Gasteiger partial charge in [0.05, 0.1) is 0 Å². The SMILES string of the molecule is Cc1cccc(NC(=O)Nc2ccc(-c3nc(C(C)C)n4ccnc(N)c34)cc2)c1. The van der Waals surface area contributed by atoms with Gasteiger partial charge >= 0.3 is 6.03 Å². The Kier molecular flexibility index (Phi) is 5.10. The number of nitrogens with zero attached hydrogens (tertiary/aromatic N) is 3. The molecule has 4 aromatic rings. The van der Waals surface area contributed by atoms with Gasteiger partial charge in [-0.3, -0.25) is 4.40 Å². The molecule has 0 radical (unpaired) electrons. The zero-order valence-corrected chi connectivity index (χ0v) is 17.2. The van der Waals surface area contributed by atoms with Gasteiger partial charge in [-0.25, -0.2) is 14.8 Å². The first-order valence-electron chi connectivity index (χ1n) is 9.80. The van der Waals surface area contributed by atoms with E-state index in [2.05, 4.69) is 29.5 Å². The molecule has 0 saturated heterocycles. The van der Waals surface area contributed by atoms with Crippen LogP contribution in [0.5, 0.6) is 0 Å². The summed E-state index contributed by atoms with van der Waals surface area (Å²) in [5, 5.41) is 5.68. The van der Waals surface area contributed by atoms with Gasteiger partial charge in [0, 0.05) is 35.2 Å². The van der Waals surface area contributed by atoms with E-state index in [1.807, 2.05) is 66.1 Å². The quantitative estimate of drug-likeness (QED) is 0.446. The van der Waals surface area contributed by atoms with Crippen molar-refractivity contribution < 1.29 is 4.79 Å². The van der Waals surface area contributed by atoms with E-state index >= 15 is 0 Å². The molecule has 0 spiro atoms. The van der Waals surface area contributed by atoms with Crippen LogP contribution in [0.25, 0.3) is 16.8 Å². The highest BCUT2D eigenvalue weighted by atomic mass is 16.2. The van der Waals surface area contributed by atoms with Crippen LogP contribution in [0.3, 0.4) is 0 Å². The van der Waals surface area contributed by atoms with E-state index in [1.54, 1.807) is 6.20 Å². The molecule has 0 atom stereocenters. The zero-order valence-electron chi connectivity index (χ0n) is 17.2. The second-order valence-electron chi connectivity index (χ2n) is 7.53. The second kappa shape index (κ2) is 7.87. The Balaban J connectivity index is 1.58. The Morgan fingerprint density at radius 3 is 2.50 bits per heavy atom. The van der Waals surface area contributed by atoms with Crippen LogP contribution in [0.2, 0.25) is 0 Å². The number of carbonyl (C=O) groups is 1. The number of fused-ring (bicyclic) bond motifs is 1. The minimum Gasteiger partial charge on any atom is -0.382 e. The van der Waals surface area contributed by atoms with Crippen molar-refractivity contribution in [2.24, 2.45) is 0 Å². The molecule has 0 bridgehead atoms. The van der Waals surface area contributed by atoms with Gasteiger partial charge in [0.25, 0.3) is 0 Å². The van der Waals surface area contributed by atoms with Gasteiger partial charge < -0.3 is 16.4 Å². The third kappa shape index (κ3) is 3.82. The normalized spacial score (nSPS) is 11.1. The Morgan fingerprint density at radius 2 is 1.80 bits per heavy atom. The second-order valence-corrected chi connectivity index (χ2v) is 7.53. The maximum Gasteiger partial charge on any atom is 0.323 e. The third-order valence-electron chi connectivity index (χ3n) is 4.82. The number of nitrogens with two attached hydrogens (primary N) is 1. The average molecular weight is 400 g/mol. The van der Waals surface area contributed by atoms with Crippen molar-refractivity contribution in [1.82, 2.24) is 14.4 Å². The van der Waals surface area contributed by atoms with Crippen LogP contribution in [0, 0.1) is 6.92 Å². The van der Waals surface area contributed by atoms with E-state index in [-0.39, 0.29) is 11.9 Å². The third-order valence-corrected chi connectivity index (χ3v) is 4.82. The molecule has 30 heavy (non-hydrogen) atoms.